The molecule has 35 heavy (non-hydrogen) atoms. The van der Waals surface area contributed by atoms with Crippen LogP contribution in [0.2, 0.25) is 0 Å². The Balaban J connectivity index is 2.13. The molecule has 2 bridgehead atoms. The first-order chi connectivity index (χ1) is 16.1. The molecule has 6 atom stereocenters. The number of aliphatic carboxylic acids is 1. The number of ether oxygens (including phenoxy) is 1. The van der Waals surface area contributed by atoms with Crippen molar-refractivity contribution in [2.45, 2.75) is 103 Å². The molecule has 8 heteroatoms. The summed E-state index contributed by atoms with van der Waals surface area (Å²) in [4.78, 5) is 43.9. The maximum Gasteiger partial charge on any atom is 0.310 e. The topological polar surface area (TPSA) is 107 Å². The third kappa shape index (κ3) is 4.76. The predicted octanol–water partition coefficient (Wildman–Crippen LogP) is 3.08. The number of hydrogen-bond acceptors (Lipinski definition) is 5. The maximum atomic E-state index is 14.5. The summed E-state index contributed by atoms with van der Waals surface area (Å²) >= 11 is 0. The first kappa shape index (κ1) is 27.7. The Hall–Kier alpha value is -1.93. The largest absolute Gasteiger partial charge is 0.481 e. The van der Waals surface area contributed by atoms with E-state index in [0.717, 1.165) is 0 Å². The van der Waals surface area contributed by atoms with Crippen LogP contribution in [0.1, 0.15) is 74.1 Å². The standard InChI is InChI=1S/C27H44N2O6/c1-9-12-28(26(7,8)15-25(4,5)6)23(32)21-27-11-10-18(35-27)19(24(33)34)20(27)22(31)29(21)17(14-30)13-16(2)3/h9,16-21,30H,1,10-15H2,2-8H3,(H,33,34)/t17-,18+,19-,20-,21+,27-/m1/s1. The molecular weight excluding hydrogens is 448 g/mol. The van der Waals surface area contributed by atoms with Gasteiger partial charge in [-0.2, -0.15) is 0 Å². The molecule has 1 spiro atoms. The summed E-state index contributed by atoms with van der Waals surface area (Å²) in [5.74, 6) is -3.45. The number of aliphatic hydroxyl groups excluding tert-OH is 1. The van der Waals surface area contributed by atoms with E-state index in [2.05, 4.69) is 27.4 Å². The van der Waals surface area contributed by atoms with Crippen LogP contribution in [0.3, 0.4) is 0 Å². The maximum absolute atomic E-state index is 14.5. The zero-order chi connectivity index (χ0) is 26.5. The average Bonchev–Trinajstić information content (AvgIpc) is 3.35. The van der Waals surface area contributed by atoms with Gasteiger partial charge in [0.1, 0.15) is 11.6 Å². The summed E-state index contributed by atoms with van der Waals surface area (Å²) in [6, 6.07) is -1.57. The smallest absolute Gasteiger partial charge is 0.310 e. The molecule has 3 aliphatic rings. The fourth-order valence-electron chi connectivity index (χ4n) is 7.17. The second kappa shape index (κ2) is 9.51. The van der Waals surface area contributed by atoms with E-state index < -0.39 is 47.1 Å². The van der Waals surface area contributed by atoms with Gasteiger partial charge in [-0.15, -0.1) is 6.58 Å². The molecule has 3 heterocycles. The Kier molecular flexibility index (Phi) is 7.51. The quantitative estimate of drug-likeness (QED) is 0.454. The van der Waals surface area contributed by atoms with Gasteiger partial charge < -0.3 is 24.7 Å². The van der Waals surface area contributed by atoms with Gasteiger partial charge in [0.2, 0.25) is 11.8 Å². The first-order valence-electron chi connectivity index (χ1n) is 12.9. The van der Waals surface area contributed by atoms with Crippen LogP contribution in [-0.2, 0) is 19.1 Å². The van der Waals surface area contributed by atoms with E-state index in [1.54, 1.807) is 11.0 Å². The van der Waals surface area contributed by atoms with E-state index in [1.165, 1.54) is 4.90 Å². The van der Waals surface area contributed by atoms with Crippen LogP contribution in [0.4, 0.5) is 0 Å². The lowest BCUT2D eigenvalue weighted by molar-refractivity contribution is -0.156. The summed E-state index contributed by atoms with van der Waals surface area (Å²) < 4.78 is 6.34. The molecule has 2 N–H and O–H groups in total. The Morgan fingerprint density at radius 1 is 1.29 bits per heavy atom. The van der Waals surface area contributed by atoms with Crippen molar-refractivity contribution in [3.63, 3.8) is 0 Å². The van der Waals surface area contributed by atoms with Crippen molar-refractivity contribution in [2.75, 3.05) is 13.2 Å². The van der Waals surface area contributed by atoms with Gasteiger partial charge >= 0.3 is 5.97 Å². The predicted molar refractivity (Wildman–Crippen MR) is 132 cm³/mol. The van der Waals surface area contributed by atoms with Gasteiger partial charge in [-0.3, -0.25) is 14.4 Å². The summed E-state index contributed by atoms with van der Waals surface area (Å²) in [6.07, 6.45) is 3.28. The fourth-order valence-corrected chi connectivity index (χ4v) is 7.17. The Bertz CT molecular complexity index is 862. The molecule has 0 aliphatic carbocycles. The molecule has 3 rings (SSSR count). The third-order valence-electron chi connectivity index (χ3n) is 7.88. The minimum absolute atomic E-state index is 0.0583. The summed E-state index contributed by atoms with van der Waals surface area (Å²) in [7, 11) is 0. The first-order valence-corrected chi connectivity index (χ1v) is 12.9. The van der Waals surface area contributed by atoms with Gasteiger partial charge in [-0.05, 0) is 50.9 Å². The molecule has 0 aromatic heterocycles. The van der Waals surface area contributed by atoms with Gasteiger partial charge in [-0.1, -0.05) is 40.7 Å². The van der Waals surface area contributed by atoms with E-state index in [1.807, 2.05) is 27.7 Å². The minimum Gasteiger partial charge on any atom is -0.481 e. The van der Waals surface area contributed by atoms with Gasteiger partial charge in [0.15, 0.2) is 0 Å². The molecule has 198 valence electrons. The second-order valence-corrected chi connectivity index (χ2v) is 12.9. The lowest BCUT2D eigenvalue weighted by Gasteiger charge is -2.46. The number of likely N-dealkylation sites (tertiary alicyclic amines) is 1. The van der Waals surface area contributed by atoms with E-state index in [-0.39, 0.29) is 29.8 Å². The van der Waals surface area contributed by atoms with Crippen molar-refractivity contribution in [2.24, 2.45) is 23.2 Å². The van der Waals surface area contributed by atoms with Crippen LogP contribution in [0, 0.1) is 23.2 Å². The van der Waals surface area contributed by atoms with Crippen molar-refractivity contribution in [1.82, 2.24) is 9.80 Å². The molecule has 3 saturated heterocycles. The van der Waals surface area contributed by atoms with Crippen molar-refractivity contribution in [3.05, 3.63) is 12.7 Å². The minimum atomic E-state index is -1.19. The number of carbonyl (C=O) groups excluding carboxylic acids is 2. The van der Waals surface area contributed by atoms with Gasteiger partial charge in [0, 0.05) is 12.1 Å². The highest BCUT2D eigenvalue weighted by atomic mass is 16.5. The van der Waals surface area contributed by atoms with E-state index in [4.69, 9.17) is 4.74 Å². The zero-order valence-corrected chi connectivity index (χ0v) is 22.4. The van der Waals surface area contributed by atoms with E-state index >= 15 is 0 Å². The number of nitrogens with zero attached hydrogens (tertiary/aromatic N) is 2. The summed E-state index contributed by atoms with van der Waals surface area (Å²) in [6.45, 7) is 18.2. The molecule has 0 radical (unpaired) electrons. The number of fused-ring (bicyclic) bond motifs is 1. The fraction of sp³-hybridized carbons (Fsp3) is 0.815. The van der Waals surface area contributed by atoms with Gasteiger partial charge in [0.25, 0.3) is 0 Å². The molecule has 3 fully saturated rings. The van der Waals surface area contributed by atoms with E-state index in [9.17, 15) is 24.6 Å². The molecule has 2 amide bonds. The molecule has 0 aromatic rings. The average molecular weight is 493 g/mol. The third-order valence-corrected chi connectivity index (χ3v) is 7.88. The number of carboxylic acids is 1. The van der Waals surface area contributed by atoms with Crippen molar-refractivity contribution in [3.8, 4) is 0 Å². The molecule has 0 aromatic carbocycles. The summed E-state index contributed by atoms with van der Waals surface area (Å²) in [5.41, 5.74) is -1.80. The Labute approximate surface area is 209 Å². The van der Waals surface area contributed by atoms with Crippen LogP contribution in [-0.4, -0.2) is 80.3 Å². The van der Waals surface area contributed by atoms with Crippen molar-refractivity contribution >= 4 is 17.8 Å². The second-order valence-electron chi connectivity index (χ2n) is 12.9. The van der Waals surface area contributed by atoms with Gasteiger partial charge in [0.05, 0.1) is 30.6 Å². The number of amides is 2. The van der Waals surface area contributed by atoms with Crippen molar-refractivity contribution in [1.29, 1.82) is 0 Å². The Morgan fingerprint density at radius 3 is 2.40 bits per heavy atom. The number of carbonyl (C=O) groups is 3. The number of hydrogen-bond donors (Lipinski definition) is 2. The number of aliphatic hydroxyl groups is 1. The molecular formula is C27H44N2O6. The lowest BCUT2D eigenvalue weighted by atomic mass is 9.70. The number of rotatable bonds is 10. The van der Waals surface area contributed by atoms with Crippen LogP contribution in [0.25, 0.3) is 0 Å². The highest BCUT2D eigenvalue weighted by Crippen LogP contribution is 2.59. The van der Waals surface area contributed by atoms with Crippen LogP contribution in [0.15, 0.2) is 12.7 Å². The number of carboxylic acid groups (broad SMARTS) is 1. The van der Waals surface area contributed by atoms with Crippen LogP contribution < -0.4 is 0 Å². The monoisotopic (exact) mass is 492 g/mol. The lowest BCUT2D eigenvalue weighted by Crippen LogP contribution is -2.62. The van der Waals surface area contributed by atoms with E-state index in [0.29, 0.717) is 32.2 Å². The van der Waals surface area contributed by atoms with Crippen LogP contribution in [0.5, 0.6) is 0 Å². The normalized spacial score (nSPS) is 31.1. The molecule has 0 unspecified atom stereocenters. The highest BCUT2D eigenvalue weighted by molar-refractivity contribution is 5.98. The SMILES string of the molecule is C=CCN(C(=O)[C@@H]1N([C@@H](CO)CC(C)C)C(=O)[C@H]2[C@H](C(=O)O)[C@@H]3CC[C@]12O3)C(C)(C)CC(C)(C)C. The van der Waals surface area contributed by atoms with Crippen LogP contribution >= 0.6 is 0 Å². The highest BCUT2D eigenvalue weighted by Gasteiger charge is 2.75. The molecule has 8 nitrogen and oxygen atoms in total. The Morgan fingerprint density at radius 2 is 1.91 bits per heavy atom. The van der Waals surface area contributed by atoms with Crippen molar-refractivity contribution < 1.29 is 29.3 Å². The summed E-state index contributed by atoms with van der Waals surface area (Å²) in [5, 5.41) is 20.3. The molecule has 0 saturated carbocycles. The van der Waals surface area contributed by atoms with Gasteiger partial charge in [-0.25, -0.2) is 0 Å². The molecule has 3 aliphatic heterocycles. The zero-order valence-electron chi connectivity index (χ0n) is 22.4.